The van der Waals surface area contributed by atoms with Gasteiger partial charge in [0.25, 0.3) is 0 Å². The van der Waals surface area contributed by atoms with Gasteiger partial charge in [-0.15, -0.1) is 0 Å². The Bertz CT molecular complexity index is 665. The topological polar surface area (TPSA) is 50.2 Å². The molecule has 2 rings (SSSR count). The standard InChI is InChI=1S/C13H7Cl4NO2/c14-8-1-7(2-9(15)13(8)17)11-3-6(4-12(19)20)10(16)5-18-11/h1-3,5H,4H2,(H,19,20). The first kappa shape index (κ1) is 15.4. The molecule has 1 N–H and O–H groups in total. The van der Waals surface area contributed by atoms with Gasteiger partial charge in [-0.05, 0) is 23.8 Å². The Kier molecular flexibility index (Phi) is 4.76. The van der Waals surface area contributed by atoms with Crippen LogP contribution >= 0.6 is 46.4 Å². The third kappa shape index (κ3) is 3.36. The number of hydrogen-bond acceptors (Lipinski definition) is 2. The summed E-state index contributed by atoms with van der Waals surface area (Å²) >= 11 is 23.7. The molecule has 0 unspecified atom stereocenters. The second-order valence-electron chi connectivity index (χ2n) is 3.99. The Morgan fingerprint density at radius 1 is 1.05 bits per heavy atom. The molecule has 104 valence electrons. The highest BCUT2D eigenvalue weighted by Gasteiger charge is 2.12. The van der Waals surface area contributed by atoms with Crippen molar-refractivity contribution in [2.45, 2.75) is 6.42 Å². The van der Waals surface area contributed by atoms with Crippen LogP contribution in [0.5, 0.6) is 0 Å². The maximum absolute atomic E-state index is 10.8. The van der Waals surface area contributed by atoms with Gasteiger partial charge in [-0.25, -0.2) is 0 Å². The van der Waals surface area contributed by atoms with Crippen LogP contribution in [0.15, 0.2) is 24.4 Å². The summed E-state index contributed by atoms with van der Waals surface area (Å²) in [4.78, 5) is 14.9. The van der Waals surface area contributed by atoms with Crippen molar-refractivity contribution in [3.8, 4) is 11.3 Å². The van der Waals surface area contributed by atoms with Crippen molar-refractivity contribution in [2.24, 2.45) is 0 Å². The summed E-state index contributed by atoms with van der Waals surface area (Å²) in [6, 6.07) is 4.81. The van der Waals surface area contributed by atoms with E-state index in [1.807, 2.05) is 0 Å². The SMILES string of the molecule is O=C(O)Cc1cc(-c2cc(Cl)c(Cl)c(Cl)c2)ncc1Cl. The smallest absolute Gasteiger partial charge is 0.307 e. The molecule has 0 atom stereocenters. The lowest BCUT2D eigenvalue weighted by Crippen LogP contribution is -2.01. The largest absolute Gasteiger partial charge is 0.481 e. The number of halogens is 4. The van der Waals surface area contributed by atoms with Gasteiger partial charge in [0.1, 0.15) is 0 Å². The summed E-state index contributed by atoms with van der Waals surface area (Å²) in [7, 11) is 0. The number of nitrogens with zero attached hydrogens (tertiary/aromatic N) is 1. The first-order valence-electron chi connectivity index (χ1n) is 5.39. The van der Waals surface area contributed by atoms with Crippen LogP contribution in [0.2, 0.25) is 20.1 Å². The zero-order valence-electron chi connectivity index (χ0n) is 9.83. The number of carboxylic acid groups (broad SMARTS) is 1. The third-order valence-electron chi connectivity index (χ3n) is 2.56. The van der Waals surface area contributed by atoms with Crippen LogP contribution < -0.4 is 0 Å². The first-order chi connectivity index (χ1) is 9.38. The van der Waals surface area contributed by atoms with E-state index in [0.717, 1.165) is 0 Å². The van der Waals surface area contributed by atoms with Gasteiger partial charge in [0.05, 0.1) is 32.2 Å². The summed E-state index contributed by atoms with van der Waals surface area (Å²) < 4.78 is 0. The molecule has 0 spiro atoms. The van der Waals surface area contributed by atoms with Gasteiger partial charge in [-0.2, -0.15) is 0 Å². The second-order valence-corrected chi connectivity index (χ2v) is 5.58. The number of rotatable bonds is 3. The molecule has 0 radical (unpaired) electrons. The molecule has 0 fully saturated rings. The van der Waals surface area contributed by atoms with E-state index in [4.69, 9.17) is 51.5 Å². The molecule has 0 aliphatic carbocycles. The van der Waals surface area contributed by atoms with Crippen LogP contribution in [0, 0.1) is 0 Å². The van der Waals surface area contributed by atoms with Gasteiger partial charge in [0.2, 0.25) is 0 Å². The van der Waals surface area contributed by atoms with E-state index < -0.39 is 5.97 Å². The Labute approximate surface area is 135 Å². The number of benzene rings is 1. The van der Waals surface area contributed by atoms with Gasteiger partial charge in [0, 0.05) is 11.8 Å². The minimum absolute atomic E-state index is 0.191. The molecule has 1 aromatic heterocycles. The summed E-state index contributed by atoms with van der Waals surface area (Å²) in [6.45, 7) is 0. The number of aliphatic carboxylic acids is 1. The fourth-order valence-electron chi connectivity index (χ4n) is 1.64. The molecule has 0 aliphatic rings. The Hall–Kier alpha value is -1.00. The first-order valence-corrected chi connectivity index (χ1v) is 6.91. The fourth-order valence-corrected chi connectivity index (χ4v) is 2.41. The van der Waals surface area contributed by atoms with E-state index in [1.54, 1.807) is 18.2 Å². The van der Waals surface area contributed by atoms with Crippen LogP contribution in [0.4, 0.5) is 0 Å². The van der Waals surface area contributed by atoms with Crippen LogP contribution in [0.1, 0.15) is 5.56 Å². The molecular formula is C13H7Cl4NO2. The highest BCUT2D eigenvalue weighted by atomic mass is 35.5. The minimum Gasteiger partial charge on any atom is -0.481 e. The number of pyridine rings is 1. The molecule has 7 heteroatoms. The van der Waals surface area contributed by atoms with Crippen LogP contribution in [-0.2, 0) is 11.2 Å². The Morgan fingerprint density at radius 2 is 1.65 bits per heavy atom. The van der Waals surface area contributed by atoms with Crippen molar-refractivity contribution in [2.75, 3.05) is 0 Å². The van der Waals surface area contributed by atoms with Crippen molar-refractivity contribution in [3.63, 3.8) is 0 Å². The molecule has 1 aromatic carbocycles. The molecule has 0 aliphatic heterocycles. The van der Waals surface area contributed by atoms with Gasteiger partial charge in [-0.1, -0.05) is 46.4 Å². The predicted molar refractivity (Wildman–Crippen MR) is 81.1 cm³/mol. The summed E-state index contributed by atoms with van der Waals surface area (Å²) in [5.74, 6) is -0.976. The molecule has 2 aromatic rings. The van der Waals surface area contributed by atoms with Gasteiger partial charge < -0.3 is 5.11 Å². The van der Waals surface area contributed by atoms with Crippen molar-refractivity contribution >= 4 is 52.4 Å². The lowest BCUT2D eigenvalue weighted by Gasteiger charge is -2.07. The molecule has 0 saturated carbocycles. The Balaban J connectivity index is 2.50. The molecule has 0 bridgehead atoms. The average Bonchev–Trinajstić information content (AvgIpc) is 2.37. The number of carboxylic acids is 1. The zero-order chi connectivity index (χ0) is 14.9. The lowest BCUT2D eigenvalue weighted by molar-refractivity contribution is -0.136. The molecule has 20 heavy (non-hydrogen) atoms. The summed E-state index contributed by atoms with van der Waals surface area (Å²) in [5, 5.41) is 9.99. The highest BCUT2D eigenvalue weighted by molar-refractivity contribution is 6.48. The van der Waals surface area contributed by atoms with Crippen molar-refractivity contribution < 1.29 is 9.90 Å². The lowest BCUT2D eigenvalue weighted by atomic mass is 10.1. The highest BCUT2D eigenvalue weighted by Crippen LogP contribution is 2.35. The molecule has 0 amide bonds. The maximum atomic E-state index is 10.8. The van der Waals surface area contributed by atoms with Crippen molar-refractivity contribution in [1.82, 2.24) is 4.98 Å². The van der Waals surface area contributed by atoms with Gasteiger partial charge in [-0.3, -0.25) is 9.78 Å². The number of hydrogen-bond donors (Lipinski definition) is 1. The quantitative estimate of drug-likeness (QED) is 0.793. The van der Waals surface area contributed by atoms with E-state index in [-0.39, 0.29) is 11.4 Å². The molecule has 0 saturated heterocycles. The maximum Gasteiger partial charge on any atom is 0.307 e. The normalized spacial score (nSPS) is 10.6. The van der Waals surface area contributed by atoms with E-state index in [1.165, 1.54) is 6.20 Å². The molecule has 3 nitrogen and oxygen atoms in total. The third-order valence-corrected chi connectivity index (χ3v) is 4.09. The molecular weight excluding hydrogens is 344 g/mol. The Morgan fingerprint density at radius 3 is 2.20 bits per heavy atom. The van der Waals surface area contributed by atoms with Crippen LogP contribution in [0.3, 0.4) is 0 Å². The van der Waals surface area contributed by atoms with E-state index in [2.05, 4.69) is 4.98 Å². The summed E-state index contributed by atoms with van der Waals surface area (Å²) in [6.07, 6.45) is 1.20. The minimum atomic E-state index is -0.976. The molecule has 1 heterocycles. The monoisotopic (exact) mass is 349 g/mol. The van der Waals surface area contributed by atoms with Crippen LogP contribution in [0.25, 0.3) is 11.3 Å². The number of aromatic nitrogens is 1. The van der Waals surface area contributed by atoms with Crippen molar-refractivity contribution in [1.29, 1.82) is 0 Å². The van der Waals surface area contributed by atoms with E-state index >= 15 is 0 Å². The van der Waals surface area contributed by atoms with E-state index in [9.17, 15) is 4.79 Å². The fraction of sp³-hybridized carbons (Fsp3) is 0.0769. The summed E-state index contributed by atoms with van der Waals surface area (Å²) in [5.41, 5.74) is 1.62. The van der Waals surface area contributed by atoms with Crippen molar-refractivity contribution in [3.05, 3.63) is 50.0 Å². The number of carbonyl (C=O) groups is 1. The average molecular weight is 351 g/mol. The van der Waals surface area contributed by atoms with Gasteiger partial charge >= 0.3 is 5.97 Å². The van der Waals surface area contributed by atoms with Gasteiger partial charge in [0.15, 0.2) is 0 Å². The predicted octanol–water partition coefficient (Wildman–Crippen LogP) is 4.99. The van der Waals surface area contributed by atoms with Crippen LogP contribution in [-0.4, -0.2) is 16.1 Å². The second kappa shape index (κ2) is 6.19. The zero-order valence-corrected chi connectivity index (χ0v) is 12.9. The van der Waals surface area contributed by atoms with E-state index in [0.29, 0.717) is 31.9 Å².